The van der Waals surface area contributed by atoms with Crippen molar-refractivity contribution in [2.45, 2.75) is 45.5 Å². The van der Waals surface area contributed by atoms with Gasteiger partial charge < -0.3 is 16.6 Å². The van der Waals surface area contributed by atoms with Crippen LogP contribution in [0.5, 0.6) is 0 Å². The molecule has 0 saturated carbocycles. The average Bonchev–Trinajstić information content (AvgIpc) is 3.40. The summed E-state index contributed by atoms with van der Waals surface area (Å²) in [4.78, 5) is 34.3. The second-order valence-corrected chi connectivity index (χ2v) is 9.13. The molecule has 1 unspecified atom stereocenters. The molecule has 0 spiro atoms. The highest BCUT2D eigenvalue weighted by molar-refractivity contribution is 6.05. The SMILES string of the molecule is CCCN(OCCNC(O)N1CCCC1)C(=O)C1=Cc2ccc(-c3cnc(CN)nc3)cc2N=C(N)C1. The fourth-order valence-corrected chi connectivity index (χ4v) is 4.36. The maximum atomic E-state index is 13.4. The molecule has 0 radical (unpaired) electrons. The normalized spacial score (nSPS) is 16.5. The Bertz CT molecular complexity index is 1130. The Balaban J connectivity index is 1.44. The number of amidine groups is 1. The van der Waals surface area contributed by atoms with Gasteiger partial charge in [0.25, 0.3) is 5.91 Å². The maximum absolute atomic E-state index is 13.4. The molecule has 198 valence electrons. The lowest BCUT2D eigenvalue weighted by molar-refractivity contribution is -0.182. The van der Waals surface area contributed by atoms with Gasteiger partial charge in [-0.3, -0.25) is 19.8 Å². The highest BCUT2D eigenvalue weighted by Gasteiger charge is 2.23. The number of carbonyl (C=O) groups is 1. The van der Waals surface area contributed by atoms with E-state index in [2.05, 4.69) is 20.3 Å². The molecule has 1 amide bonds. The van der Waals surface area contributed by atoms with Gasteiger partial charge in [0.05, 0.1) is 18.8 Å². The number of aliphatic hydroxyl groups excluding tert-OH is 1. The van der Waals surface area contributed by atoms with Crippen LogP contribution in [-0.4, -0.2) is 75.9 Å². The first-order valence-corrected chi connectivity index (χ1v) is 12.8. The minimum Gasteiger partial charge on any atom is -0.387 e. The van der Waals surface area contributed by atoms with E-state index in [1.807, 2.05) is 36.1 Å². The number of nitrogens with zero attached hydrogens (tertiary/aromatic N) is 5. The van der Waals surface area contributed by atoms with Crippen LogP contribution in [0.3, 0.4) is 0 Å². The predicted molar refractivity (Wildman–Crippen MR) is 142 cm³/mol. The second-order valence-electron chi connectivity index (χ2n) is 9.13. The van der Waals surface area contributed by atoms with Gasteiger partial charge in [-0.1, -0.05) is 19.1 Å². The molecule has 11 heteroatoms. The van der Waals surface area contributed by atoms with E-state index < -0.39 is 6.35 Å². The van der Waals surface area contributed by atoms with Crippen LogP contribution in [0, 0.1) is 0 Å². The molecule has 6 N–H and O–H groups in total. The van der Waals surface area contributed by atoms with Crippen LogP contribution >= 0.6 is 0 Å². The lowest BCUT2D eigenvalue weighted by atomic mass is 10.0. The fourth-order valence-electron chi connectivity index (χ4n) is 4.36. The molecule has 2 aliphatic rings. The first-order valence-electron chi connectivity index (χ1n) is 12.8. The van der Waals surface area contributed by atoms with Crippen LogP contribution in [0.15, 0.2) is 41.2 Å². The van der Waals surface area contributed by atoms with Gasteiger partial charge in [-0.15, -0.1) is 0 Å². The molecule has 3 heterocycles. The summed E-state index contributed by atoms with van der Waals surface area (Å²) in [6, 6.07) is 5.75. The summed E-state index contributed by atoms with van der Waals surface area (Å²) >= 11 is 0. The van der Waals surface area contributed by atoms with Crippen molar-refractivity contribution >= 4 is 23.5 Å². The molecule has 2 aliphatic heterocycles. The summed E-state index contributed by atoms with van der Waals surface area (Å²) in [5, 5.41) is 14.6. The van der Waals surface area contributed by atoms with Crippen molar-refractivity contribution in [1.82, 2.24) is 25.2 Å². The van der Waals surface area contributed by atoms with E-state index in [0.717, 1.165) is 49.0 Å². The standard InChI is InChI=1S/C26H36N8O3/c1-2-8-34(37-11-7-29-26(36)33-9-3-4-10-33)25(35)20-12-19-6-5-18(13-22(19)32-23(28)14-20)21-16-30-24(15-27)31-17-21/h5-6,12-13,16-17,26,29,36H,2-4,7-11,14-15,27H2,1H3,(H2,28,32). The number of aliphatic imine (C=N–C) groups is 1. The van der Waals surface area contributed by atoms with Crippen LogP contribution in [0.2, 0.25) is 0 Å². The second kappa shape index (κ2) is 12.8. The summed E-state index contributed by atoms with van der Waals surface area (Å²) in [5.41, 5.74) is 15.5. The van der Waals surface area contributed by atoms with Crippen LogP contribution in [0.4, 0.5) is 5.69 Å². The van der Waals surface area contributed by atoms with E-state index in [1.54, 1.807) is 12.4 Å². The van der Waals surface area contributed by atoms with E-state index in [0.29, 0.717) is 36.0 Å². The lowest BCUT2D eigenvalue weighted by Gasteiger charge is -2.25. The number of rotatable bonds is 11. The number of aromatic nitrogens is 2. The van der Waals surface area contributed by atoms with E-state index in [9.17, 15) is 9.90 Å². The minimum atomic E-state index is -0.700. The Morgan fingerprint density at radius 2 is 2.00 bits per heavy atom. The maximum Gasteiger partial charge on any atom is 0.273 e. The van der Waals surface area contributed by atoms with Crippen LogP contribution in [0.1, 0.15) is 44.0 Å². The number of fused-ring (bicyclic) bond motifs is 1. The van der Waals surface area contributed by atoms with Gasteiger partial charge in [-0.2, -0.15) is 0 Å². The molecule has 1 saturated heterocycles. The Morgan fingerprint density at radius 1 is 1.24 bits per heavy atom. The van der Waals surface area contributed by atoms with Gasteiger partial charge in [0, 0.05) is 61.7 Å². The monoisotopic (exact) mass is 508 g/mol. The summed E-state index contributed by atoms with van der Waals surface area (Å²) in [6.07, 6.45) is 7.71. The number of benzene rings is 1. The van der Waals surface area contributed by atoms with Gasteiger partial charge in [0.15, 0.2) is 6.35 Å². The van der Waals surface area contributed by atoms with Gasteiger partial charge in [0.2, 0.25) is 0 Å². The molecule has 1 fully saturated rings. The largest absolute Gasteiger partial charge is 0.387 e. The number of amides is 1. The predicted octanol–water partition coefficient (Wildman–Crippen LogP) is 1.51. The molecule has 4 rings (SSSR count). The topological polar surface area (TPSA) is 155 Å². The number of hydrogen-bond donors (Lipinski definition) is 4. The zero-order chi connectivity index (χ0) is 26.2. The van der Waals surface area contributed by atoms with Crippen molar-refractivity contribution in [1.29, 1.82) is 0 Å². The number of nitrogens with one attached hydrogen (secondary N) is 1. The number of carbonyl (C=O) groups excluding carboxylic acids is 1. The third kappa shape index (κ3) is 6.96. The van der Waals surface area contributed by atoms with Crippen molar-refractivity contribution < 1.29 is 14.7 Å². The van der Waals surface area contributed by atoms with E-state index in [-0.39, 0.29) is 25.5 Å². The number of likely N-dealkylation sites (tertiary alicyclic amines) is 1. The number of nitrogens with two attached hydrogens (primary N) is 2. The molecule has 0 aliphatic carbocycles. The van der Waals surface area contributed by atoms with Gasteiger partial charge >= 0.3 is 0 Å². The lowest BCUT2D eigenvalue weighted by Crippen LogP contribution is -2.46. The van der Waals surface area contributed by atoms with Crippen LogP contribution in [0.25, 0.3) is 17.2 Å². The van der Waals surface area contributed by atoms with E-state index in [1.165, 1.54) is 5.06 Å². The first-order chi connectivity index (χ1) is 18.0. The molecular formula is C26H36N8O3. The zero-order valence-corrected chi connectivity index (χ0v) is 21.3. The van der Waals surface area contributed by atoms with E-state index >= 15 is 0 Å². The highest BCUT2D eigenvalue weighted by atomic mass is 16.7. The molecular weight excluding hydrogens is 472 g/mol. The minimum absolute atomic E-state index is 0.215. The Kier molecular flexibility index (Phi) is 9.31. The zero-order valence-electron chi connectivity index (χ0n) is 21.3. The summed E-state index contributed by atoms with van der Waals surface area (Å²) in [6.45, 7) is 5.12. The summed E-state index contributed by atoms with van der Waals surface area (Å²) in [5.74, 6) is 0.670. The molecule has 1 aromatic carbocycles. The van der Waals surface area contributed by atoms with Crippen molar-refractivity contribution in [2.24, 2.45) is 16.5 Å². The summed E-state index contributed by atoms with van der Waals surface area (Å²) < 4.78 is 0. The Labute approximate surface area is 217 Å². The third-order valence-electron chi connectivity index (χ3n) is 6.31. The molecule has 1 atom stereocenters. The highest BCUT2D eigenvalue weighted by Crippen LogP contribution is 2.31. The smallest absolute Gasteiger partial charge is 0.273 e. The number of hydroxylamine groups is 2. The summed E-state index contributed by atoms with van der Waals surface area (Å²) in [7, 11) is 0. The fraction of sp³-hybridized carbons (Fsp3) is 0.462. The number of hydrogen-bond acceptors (Lipinski definition) is 10. The Hall–Kier alpha value is -3.22. The quantitative estimate of drug-likeness (QED) is 0.201. The third-order valence-corrected chi connectivity index (χ3v) is 6.31. The van der Waals surface area contributed by atoms with Crippen LogP contribution in [-0.2, 0) is 16.2 Å². The van der Waals surface area contributed by atoms with E-state index in [4.69, 9.17) is 16.3 Å². The molecule has 2 aromatic rings. The molecule has 11 nitrogen and oxygen atoms in total. The van der Waals surface area contributed by atoms with Gasteiger partial charge in [-0.25, -0.2) is 20.0 Å². The van der Waals surface area contributed by atoms with Crippen molar-refractivity contribution in [3.05, 3.63) is 47.6 Å². The molecule has 0 bridgehead atoms. The van der Waals surface area contributed by atoms with Gasteiger partial charge in [-0.05, 0) is 37.0 Å². The molecule has 37 heavy (non-hydrogen) atoms. The first kappa shape index (κ1) is 26.8. The van der Waals surface area contributed by atoms with Crippen molar-refractivity contribution in [2.75, 3.05) is 32.8 Å². The van der Waals surface area contributed by atoms with Crippen molar-refractivity contribution in [3.8, 4) is 11.1 Å². The molecule has 1 aromatic heterocycles. The number of aliphatic hydroxyl groups is 1. The average molecular weight is 509 g/mol. The van der Waals surface area contributed by atoms with Gasteiger partial charge in [0.1, 0.15) is 11.7 Å². The van der Waals surface area contributed by atoms with Crippen LogP contribution < -0.4 is 16.8 Å². The van der Waals surface area contributed by atoms with Crippen molar-refractivity contribution in [3.63, 3.8) is 0 Å². The Morgan fingerprint density at radius 3 is 2.70 bits per heavy atom.